The molecule has 0 aliphatic carbocycles. The van der Waals surface area contributed by atoms with Crippen molar-refractivity contribution in [2.24, 2.45) is 0 Å². The van der Waals surface area contributed by atoms with Gasteiger partial charge >= 0.3 is 0 Å². The molecule has 0 radical (unpaired) electrons. The molecule has 12 heteroatoms. The Balaban J connectivity index is 1.49. The summed E-state index contributed by atoms with van der Waals surface area (Å²) < 4.78 is 16.4. The van der Waals surface area contributed by atoms with E-state index in [9.17, 15) is 30.0 Å². The molecule has 2 saturated heterocycles. The highest BCUT2D eigenvalue weighted by Crippen LogP contribution is 2.23. The quantitative estimate of drug-likeness (QED) is 0.120. The lowest BCUT2D eigenvalue weighted by atomic mass is 9.97. The Morgan fingerprint density at radius 1 is 1.03 bits per heavy atom. The van der Waals surface area contributed by atoms with E-state index in [2.05, 4.69) is 15.5 Å². The Hall–Kier alpha value is -1.38. The van der Waals surface area contributed by atoms with E-state index in [-0.39, 0.29) is 18.6 Å². The van der Waals surface area contributed by atoms with Crippen molar-refractivity contribution in [3.63, 3.8) is 0 Å². The van der Waals surface area contributed by atoms with Crippen molar-refractivity contribution in [3.05, 3.63) is 0 Å². The van der Waals surface area contributed by atoms with Crippen LogP contribution in [-0.2, 0) is 23.8 Å². The van der Waals surface area contributed by atoms with Crippen LogP contribution in [0.4, 0.5) is 0 Å². The monoisotopic (exact) mass is 547 g/mol. The first kappa shape index (κ1) is 32.8. The highest BCUT2D eigenvalue weighted by Gasteiger charge is 2.45. The van der Waals surface area contributed by atoms with E-state index >= 15 is 0 Å². The van der Waals surface area contributed by atoms with Crippen LogP contribution in [-0.4, -0.2) is 126 Å². The lowest BCUT2D eigenvalue weighted by Crippen LogP contribution is -2.64. The van der Waals surface area contributed by atoms with Gasteiger partial charge in [0.25, 0.3) is 0 Å². The number of aliphatic hydroxyl groups excluding tert-OH is 4. The normalized spacial score (nSPS) is 29.9. The number of methoxy groups -OCH3 is 1. The highest BCUT2D eigenvalue weighted by molar-refractivity contribution is 5.75. The molecule has 2 fully saturated rings. The number of amides is 2. The molecule has 0 spiro atoms. The minimum atomic E-state index is -1.34. The van der Waals surface area contributed by atoms with E-state index in [0.717, 1.165) is 51.6 Å². The van der Waals surface area contributed by atoms with Gasteiger partial charge in [-0.2, -0.15) is 0 Å². The van der Waals surface area contributed by atoms with Gasteiger partial charge in [0.2, 0.25) is 11.8 Å². The van der Waals surface area contributed by atoms with Crippen LogP contribution in [0.1, 0.15) is 64.7 Å². The summed E-state index contributed by atoms with van der Waals surface area (Å²) in [5.74, 6) is -0.366. The third-order valence-electron chi connectivity index (χ3n) is 7.14. The minimum absolute atomic E-state index is 0.0311. The molecule has 0 aromatic heterocycles. The minimum Gasteiger partial charge on any atom is -0.394 e. The topological polar surface area (TPSA) is 170 Å². The standard InChI is InChI=1S/C26H49N3O9/c1-18(31)28-23-25(35)24(34)21(16-30)38-26(23)37-13-9-5-6-10-22(33)27-11-7-3-4-8-12-29-15-20(32)14-19(29)17-36-2/h19-21,23-26,30,32,34-35H,3-17H2,1-2H3,(H,27,33)(H,28,31)/t19-,20+,21?,23?,24?,25?,26?/m0/s1. The summed E-state index contributed by atoms with van der Waals surface area (Å²) in [6.07, 6.45) is 2.57. The van der Waals surface area contributed by atoms with E-state index in [1.54, 1.807) is 7.11 Å². The van der Waals surface area contributed by atoms with Crippen LogP contribution in [0.3, 0.4) is 0 Å². The summed E-state index contributed by atoms with van der Waals surface area (Å²) in [4.78, 5) is 25.8. The van der Waals surface area contributed by atoms with Gasteiger partial charge in [-0.05, 0) is 38.6 Å². The number of β-amino-alcohol motifs (C(OH)–C–C–N with tert-alkyl or cyclic N) is 1. The van der Waals surface area contributed by atoms with Gasteiger partial charge < -0.3 is 45.3 Å². The number of likely N-dealkylation sites (tertiary alicyclic amines) is 1. The molecule has 7 atom stereocenters. The number of hydrogen-bond donors (Lipinski definition) is 6. The van der Waals surface area contributed by atoms with Crippen LogP contribution in [0, 0.1) is 0 Å². The average molecular weight is 548 g/mol. The maximum atomic E-state index is 12.1. The molecule has 12 nitrogen and oxygen atoms in total. The Morgan fingerprint density at radius 2 is 1.76 bits per heavy atom. The van der Waals surface area contributed by atoms with Crippen LogP contribution in [0.15, 0.2) is 0 Å². The van der Waals surface area contributed by atoms with Crippen LogP contribution in [0.5, 0.6) is 0 Å². The fraction of sp³-hybridized carbons (Fsp3) is 0.923. The zero-order valence-electron chi connectivity index (χ0n) is 22.9. The Bertz CT molecular complexity index is 686. The SMILES string of the molecule is COC[C@@H]1C[C@@H](O)CN1CCCCCCNC(=O)CCCCCOC1OC(CO)C(O)C(O)C1NC(C)=O. The van der Waals surface area contributed by atoms with Crippen LogP contribution in [0.2, 0.25) is 0 Å². The van der Waals surface area contributed by atoms with E-state index in [1.807, 2.05) is 0 Å². The second-order valence-corrected chi connectivity index (χ2v) is 10.4. The molecule has 2 aliphatic heterocycles. The molecule has 2 heterocycles. The lowest BCUT2D eigenvalue weighted by Gasteiger charge is -2.42. The van der Waals surface area contributed by atoms with Crippen molar-refractivity contribution in [1.29, 1.82) is 0 Å². The second-order valence-electron chi connectivity index (χ2n) is 10.4. The molecule has 0 aromatic rings. The molecule has 2 aliphatic rings. The highest BCUT2D eigenvalue weighted by atomic mass is 16.7. The van der Waals surface area contributed by atoms with Gasteiger partial charge in [0.15, 0.2) is 6.29 Å². The predicted octanol–water partition coefficient (Wildman–Crippen LogP) is -0.735. The molecular weight excluding hydrogens is 498 g/mol. The maximum absolute atomic E-state index is 12.1. The fourth-order valence-electron chi connectivity index (χ4n) is 5.08. The van der Waals surface area contributed by atoms with Gasteiger partial charge in [0.1, 0.15) is 24.4 Å². The maximum Gasteiger partial charge on any atom is 0.219 e. The van der Waals surface area contributed by atoms with E-state index in [1.165, 1.54) is 6.92 Å². The predicted molar refractivity (Wildman–Crippen MR) is 139 cm³/mol. The smallest absolute Gasteiger partial charge is 0.219 e. The zero-order chi connectivity index (χ0) is 27.9. The number of aliphatic hydroxyl groups is 4. The van der Waals surface area contributed by atoms with Crippen LogP contribution >= 0.6 is 0 Å². The number of nitrogens with zero attached hydrogens (tertiary/aromatic N) is 1. The summed E-state index contributed by atoms with van der Waals surface area (Å²) in [5, 5.41) is 45.0. The molecule has 38 heavy (non-hydrogen) atoms. The number of rotatable bonds is 18. The molecule has 0 saturated carbocycles. The first-order valence-corrected chi connectivity index (χ1v) is 14.0. The van der Waals surface area contributed by atoms with Crippen molar-refractivity contribution in [3.8, 4) is 0 Å². The fourth-order valence-corrected chi connectivity index (χ4v) is 5.08. The molecule has 6 N–H and O–H groups in total. The average Bonchev–Trinajstić information content (AvgIpc) is 3.23. The van der Waals surface area contributed by atoms with Crippen molar-refractivity contribution in [2.45, 2.75) is 108 Å². The van der Waals surface area contributed by atoms with Crippen LogP contribution < -0.4 is 10.6 Å². The van der Waals surface area contributed by atoms with Crippen molar-refractivity contribution >= 4 is 11.8 Å². The molecule has 222 valence electrons. The molecule has 0 bridgehead atoms. The van der Waals surface area contributed by atoms with Crippen LogP contribution in [0.25, 0.3) is 0 Å². The number of nitrogens with one attached hydrogen (secondary N) is 2. The lowest BCUT2D eigenvalue weighted by molar-refractivity contribution is -0.270. The molecule has 0 aromatic carbocycles. The summed E-state index contributed by atoms with van der Waals surface area (Å²) in [6, 6.07) is -0.639. The zero-order valence-corrected chi connectivity index (χ0v) is 22.9. The summed E-state index contributed by atoms with van der Waals surface area (Å²) in [7, 11) is 1.69. The summed E-state index contributed by atoms with van der Waals surface area (Å²) in [5.41, 5.74) is 0. The molecular formula is C26H49N3O9. The van der Waals surface area contributed by atoms with Crippen molar-refractivity contribution in [1.82, 2.24) is 15.5 Å². The van der Waals surface area contributed by atoms with E-state index in [4.69, 9.17) is 14.2 Å². The third kappa shape index (κ3) is 11.4. The number of hydrogen-bond acceptors (Lipinski definition) is 10. The van der Waals surface area contributed by atoms with E-state index < -0.39 is 43.2 Å². The first-order chi connectivity index (χ1) is 18.3. The van der Waals surface area contributed by atoms with Crippen molar-refractivity contribution in [2.75, 3.05) is 46.6 Å². The molecule has 5 unspecified atom stereocenters. The molecule has 2 amide bonds. The van der Waals surface area contributed by atoms with Gasteiger partial charge in [-0.3, -0.25) is 14.5 Å². The summed E-state index contributed by atoms with van der Waals surface area (Å²) in [6.45, 7) is 4.10. The summed E-state index contributed by atoms with van der Waals surface area (Å²) >= 11 is 0. The number of carbonyl (C=O) groups excluding carboxylic acids is 2. The van der Waals surface area contributed by atoms with Crippen molar-refractivity contribution < 1.29 is 44.2 Å². The van der Waals surface area contributed by atoms with Gasteiger partial charge in [0, 0.05) is 46.2 Å². The Kier molecular flexibility index (Phi) is 15.6. The van der Waals surface area contributed by atoms with Gasteiger partial charge in [-0.25, -0.2) is 0 Å². The Morgan fingerprint density at radius 3 is 2.47 bits per heavy atom. The van der Waals surface area contributed by atoms with E-state index in [0.29, 0.717) is 38.5 Å². The number of carbonyl (C=O) groups is 2. The molecule has 2 rings (SSSR count). The number of ether oxygens (including phenoxy) is 3. The largest absolute Gasteiger partial charge is 0.394 e. The number of unbranched alkanes of at least 4 members (excludes halogenated alkanes) is 5. The van der Waals surface area contributed by atoms with Gasteiger partial charge in [0.05, 0.1) is 19.3 Å². The van der Waals surface area contributed by atoms with Gasteiger partial charge in [-0.15, -0.1) is 0 Å². The third-order valence-corrected chi connectivity index (χ3v) is 7.14. The first-order valence-electron chi connectivity index (χ1n) is 14.0. The van der Waals surface area contributed by atoms with Gasteiger partial charge in [-0.1, -0.05) is 19.3 Å². The second kappa shape index (κ2) is 18.1. The Labute approximate surface area is 226 Å².